The van der Waals surface area contributed by atoms with Gasteiger partial charge in [0.1, 0.15) is 5.82 Å². The molecule has 0 atom stereocenters. The van der Waals surface area contributed by atoms with Gasteiger partial charge >= 0.3 is 0 Å². The second-order valence-corrected chi connectivity index (χ2v) is 5.94. The monoisotopic (exact) mass is 355 g/mol. The van der Waals surface area contributed by atoms with E-state index in [1.807, 2.05) is 6.92 Å². The number of carbonyl (C=O) groups excluding carboxylic acids is 1. The minimum atomic E-state index is -0.304. The van der Waals surface area contributed by atoms with Gasteiger partial charge in [0.25, 0.3) is 5.91 Å². The lowest BCUT2D eigenvalue weighted by atomic mass is 10.3. The molecule has 2 aromatic heterocycles. The molecule has 1 amide bonds. The van der Waals surface area contributed by atoms with Crippen LogP contribution in [0.2, 0.25) is 0 Å². The van der Waals surface area contributed by atoms with Gasteiger partial charge in [0, 0.05) is 17.2 Å². The number of halogens is 1. The molecule has 0 unspecified atom stereocenters. The number of carbonyl (C=O) groups is 1. The Bertz CT molecular complexity index is 616. The molecule has 2 heterocycles. The number of aromatic nitrogens is 3. The van der Waals surface area contributed by atoms with Crippen LogP contribution >= 0.6 is 27.3 Å². The van der Waals surface area contributed by atoms with Gasteiger partial charge in [0.05, 0.1) is 0 Å². The molecule has 0 aliphatic rings. The third-order valence-electron chi connectivity index (χ3n) is 2.43. The number of hydrogen-bond donors (Lipinski definition) is 2. The van der Waals surface area contributed by atoms with Crippen LogP contribution in [-0.4, -0.2) is 27.6 Å². The van der Waals surface area contributed by atoms with Crippen LogP contribution in [0.5, 0.6) is 0 Å². The van der Waals surface area contributed by atoms with Crippen molar-refractivity contribution >= 4 is 44.1 Å². The summed E-state index contributed by atoms with van der Waals surface area (Å²) in [5.74, 6) is 0.190. The van der Waals surface area contributed by atoms with Crippen molar-refractivity contribution in [3.05, 3.63) is 27.3 Å². The van der Waals surface area contributed by atoms with E-state index in [0.717, 1.165) is 23.0 Å². The van der Waals surface area contributed by atoms with Crippen LogP contribution in [0.15, 0.2) is 16.7 Å². The standard InChI is InChI=1S/C12H14BrN5OS/c1-3-4-14-12-18-17-11(20-12)10(19)16-9-5-7(2)8(13)6-15-9/h5-6H,3-4H2,1-2H3,(H,14,18)(H,15,16,19). The summed E-state index contributed by atoms with van der Waals surface area (Å²) < 4.78 is 0.900. The van der Waals surface area contributed by atoms with Crippen LogP contribution < -0.4 is 10.6 Å². The highest BCUT2D eigenvalue weighted by Crippen LogP contribution is 2.19. The zero-order chi connectivity index (χ0) is 14.5. The summed E-state index contributed by atoms with van der Waals surface area (Å²) in [4.78, 5) is 16.1. The minimum absolute atomic E-state index is 0.304. The maximum absolute atomic E-state index is 12.0. The zero-order valence-electron chi connectivity index (χ0n) is 11.1. The Morgan fingerprint density at radius 1 is 1.45 bits per heavy atom. The van der Waals surface area contributed by atoms with Gasteiger partial charge in [-0.25, -0.2) is 4.98 Å². The van der Waals surface area contributed by atoms with E-state index in [9.17, 15) is 4.79 Å². The van der Waals surface area contributed by atoms with E-state index in [1.165, 1.54) is 11.3 Å². The van der Waals surface area contributed by atoms with Crippen molar-refractivity contribution in [2.24, 2.45) is 0 Å². The molecule has 0 fully saturated rings. The molecule has 8 heteroatoms. The third-order valence-corrected chi connectivity index (χ3v) is 4.14. The van der Waals surface area contributed by atoms with Gasteiger partial charge in [-0.05, 0) is 40.9 Å². The molecule has 0 saturated carbocycles. The SMILES string of the molecule is CCCNc1nnc(C(=O)Nc2cc(C)c(Br)cn2)s1. The van der Waals surface area contributed by atoms with Gasteiger partial charge in [-0.2, -0.15) is 0 Å². The summed E-state index contributed by atoms with van der Waals surface area (Å²) in [6, 6.07) is 1.79. The maximum Gasteiger partial charge on any atom is 0.287 e. The third kappa shape index (κ3) is 3.73. The van der Waals surface area contributed by atoms with Crippen molar-refractivity contribution in [2.75, 3.05) is 17.2 Å². The van der Waals surface area contributed by atoms with Crippen LogP contribution in [-0.2, 0) is 0 Å². The Hall–Kier alpha value is -1.54. The van der Waals surface area contributed by atoms with Gasteiger partial charge < -0.3 is 10.6 Å². The average Bonchev–Trinajstić information content (AvgIpc) is 2.89. The lowest BCUT2D eigenvalue weighted by Crippen LogP contribution is -2.12. The number of rotatable bonds is 5. The molecule has 0 radical (unpaired) electrons. The number of aryl methyl sites for hydroxylation is 1. The maximum atomic E-state index is 12.0. The molecule has 6 nitrogen and oxygen atoms in total. The van der Waals surface area contributed by atoms with E-state index in [-0.39, 0.29) is 5.91 Å². The van der Waals surface area contributed by atoms with Crippen molar-refractivity contribution in [2.45, 2.75) is 20.3 Å². The predicted octanol–water partition coefficient (Wildman–Crippen LogP) is 3.08. The van der Waals surface area contributed by atoms with Crippen LogP contribution in [0, 0.1) is 6.92 Å². The van der Waals surface area contributed by atoms with E-state index in [0.29, 0.717) is 16.0 Å². The van der Waals surface area contributed by atoms with Crippen molar-refractivity contribution < 1.29 is 4.79 Å². The van der Waals surface area contributed by atoms with E-state index in [4.69, 9.17) is 0 Å². The predicted molar refractivity (Wildman–Crippen MR) is 83.3 cm³/mol. The Morgan fingerprint density at radius 2 is 2.25 bits per heavy atom. The normalized spacial score (nSPS) is 10.3. The Kier molecular flexibility index (Phi) is 5.02. The summed E-state index contributed by atoms with van der Waals surface area (Å²) in [5.41, 5.74) is 0.998. The van der Waals surface area contributed by atoms with E-state index in [2.05, 4.69) is 48.7 Å². The molecule has 0 aliphatic carbocycles. The van der Waals surface area contributed by atoms with E-state index < -0.39 is 0 Å². The highest BCUT2D eigenvalue weighted by atomic mass is 79.9. The molecule has 20 heavy (non-hydrogen) atoms. The van der Waals surface area contributed by atoms with E-state index in [1.54, 1.807) is 12.3 Å². The second-order valence-electron chi connectivity index (χ2n) is 4.11. The lowest BCUT2D eigenvalue weighted by Gasteiger charge is -2.03. The molecule has 106 valence electrons. The number of nitrogens with one attached hydrogen (secondary N) is 2. The van der Waals surface area contributed by atoms with Crippen LogP contribution in [0.4, 0.5) is 10.9 Å². The van der Waals surface area contributed by atoms with Gasteiger partial charge in [-0.3, -0.25) is 4.79 Å². The molecular weight excluding hydrogens is 342 g/mol. The highest BCUT2D eigenvalue weighted by molar-refractivity contribution is 9.10. The molecule has 0 spiro atoms. The Labute approximate surface area is 129 Å². The van der Waals surface area contributed by atoms with Crippen molar-refractivity contribution in [1.29, 1.82) is 0 Å². The van der Waals surface area contributed by atoms with E-state index >= 15 is 0 Å². The topological polar surface area (TPSA) is 79.8 Å². The molecular formula is C12H14BrN5OS. The van der Waals surface area contributed by atoms with Crippen LogP contribution in [0.1, 0.15) is 28.7 Å². The first-order valence-corrected chi connectivity index (χ1v) is 7.72. The fourth-order valence-electron chi connectivity index (χ4n) is 1.40. The Morgan fingerprint density at radius 3 is 2.95 bits per heavy atom. The van der Waals surface area contributed by atoms with Crippen molar-refractivity contribution in [1.82, 2.24) is 15.2 Å². The fraction of sp³-hybridized carbons (Fsp3) is 0.333. The number of pyridine rings is 1. The van der Waals surface area contributed by atoms with Crippen LogP contribution in [0.25, 0.3) is 0 Å². The smallest absolute Gasteiger partial charge is 0.287 e. The van der Waals surface area contributed by atoms with Crippen molar-refractivity contribution in [3.63, 3.8) is 0 Å². The lowest BCUT2D eigenvalue weighted by molar-refractivity contribution is 0.102. The fourth-order valence-corrected chi connectivity index (χ4v) is 2.28. The molecule has 2 N–H and O–H groups in total. The number of hydrogen-bond acceptors (Lipinski definition) is 6. The largest absolute Gasteiger partial charge is 0.360 e. The van der Waals surface area contributed by atoms with Gasteiger partial charge in [-0.1, -0.05) is 18.3 Å². The molecule has 0 bridgehead atoms. The minimum Gasteiger partial charge on any atom is -0.360 e. The summed E-state index contributed by atoms with van der Waals surface area (Å²) in [6.07, 6.45) is 2.64. The summed E-state index contributed by atoms with van der Waals surface area (Å²) >= 11 is 4.59. The summed E-state index contributed by atoms with van der Waals surface area (Å²) in [7, 11) is 0. The Balaban J connectivity index is 2.03. The first-order chi connectivity index (χ1) is 9.60. The second kappa shape index (κ2) is 6.76. The number of anilines is 2. The molecule has 2 rings (SSSR count). The van der Waals surface area contributed by atoms with Gasteiger partial charge in [0.15, 0.2) is 0 Å². The quantitative estimate of drug-likeness (QED) is 0.861. The number of nitrogens with zero attached hydrogens (tertiary/aromatic N) is 3. The highest BCUT2D eigenvalue weighted by Gasteiger charge is 2.13. The molecule has 0 saturated heterocycles. The number of amides is 1. The first-order valence-electron chi connectivity index (χ1n) is 6.11. The van der Waals surface area contributed by atoms with Gasteiger partial charge in [-0.15, -0.1) is 10.2 Å². The van der Waals surface area contributed by atoms with Crippen molar-refractivity contribution in [3.8, 4) is 0 Å². The molecule has 0 aliphatic heterocycles. The summed E-state index contributed by atoms with van der Waals surface area (Å²) in [5, 5.41) is 14.5. The average molecular weight is 356 g/mol. The summed E-state index contributed by atoms with van der Waals surface area (Å²) in [6.45, 7) is 4.80. The van der Waals surface area contributed by atoms with Crippen LogP contribution in [0.3, 0.4) is 0 Å². The molecule has 0 aromatic carbocycles. The molecule has 2 aromatic rings. The zero-order valence-corrected chi connectivity index (χ0v) is 13.5. The first kappa shape index (κ1) is 14.9. The van der Waals surface area contributed by atoms with Gasteiger partial charge in [0.2, 0.25) is 10.1 Å².